The van der Waals surface area contributed by atoms with Gasteiger partial charge in [-0.3, -0.25) is 4.79 Å². The highest BCUT2D eigenvalue weighted by Crippen LogP contribution is 2.19. The Morgan fingerprint density at radius 2 is 1.77 bits per heavy atom. The van der Waals surface area contributed by atoms with Crippen molar-refractivity contribution in [2.24, 2.45) is 0 Å². The molecule has 1 aliphatic rings. The Bertz CT molecular complexity index is 672. The Hall–Kier alpha value is -2.14. The molecule has 1 aromatic carbocycles. The SMILES string of the molecule is O=C(c1ccnc(Cl)c1F)N1CCN(c2ccccc2)CC1. The summed E-state index contributed by atoms with van der Waals surface area (Å²) in [5.74, 6) is -1.09. The van der Waals surface area contributed by atoms with Gasteiger partial charge in [0.15, 0.2) is 11.0 Å². The van der Waals surface area contributed by atoms with Gasteiger partial charge in [0.05, 0.1) is 5.56 Å². The molecule has 0 unspecified atom stereocenters. The number of nitrogens with zero attached hydrogens (tertiary/aromatic N) is 3. The van der Waals surface area contributed by atoms with Crippen molar-refractivity contribution >= 4 is 23.2 Å². The third-order valence-corrected chi connectivity index (χ3v) is 4.03. The van der Waals surface area contributed by atoms with Crippen molar-refractivity contribution in [2.75, 3.05) is 31.1 Å². The van der Waals surface area contributed by atoms with E-state index in [2.05, 4.69) is 9.88 Å². The Morgan fingerprint density at radius 1 is 1.09 bits per heavy atom. The van der Waals surface area contributed by atoms with Gasteiger partial charge in [-0.25, -0.2) is 9.37 Å². The summed E-state index contributed by atoms with van der Waals surface area (Å²) in [6.07, 6.45) is 1.35. The predicted octanol–water partition coefficient (Wildman–Crippen LogP) is 2.84. The molecule has 2 heterocycles. The van der Waals surface area contributed by atoms with Crippen LogP contribution in [0.1, 0.15) is 10.4 Å². The van der Waals surface area contributed by atoms with Gasteiger partial charge in [0.1, 0.15) is 0 Å². The van der Waals surface area contributed by atoms with Crippen molar-refractivity contribution < 1.29 is 9.18 Å². The van der Waals surface area contributed by atoms with Gasteiger partial charge in [0.2, 0.25) is 0 Å². The fourth-order valence-corrected chi connectivity index (χ4v) is 2.72. The standard InChI is InChI=1S/C16H15ClFN3O/c17-15-14(18)13(6-7-19-15)16(22)21-10-8-20(9-11-21)12-4-2-1-3-5-12/h1-7H,8-11H2. The second-order valence-corrected chi connectivity index (χ2v) is 5.44. The van der Waals surface area contributed by atoms with Crippen molar-refractivity contribution in [2.45, 2.75) is 0 Å². The molecule has 2 aromatic rings. The third kappa shape index (κ3) is 2.90. The lowest BCUT2D eigenvalue weighted by Crippen LogP contribution is -2.49. The molecule has 0 aliphatic carbocycles. The molecule has 1 aromatic heterocycles. The van der Waals surface area contributed by atoms with Crippen LogP contribution in [0.15, 0.2) is 42.6 Å². The number of benzene rings is 1. The number of rotatable bonds is 2. The summed E-state index contributed by atoms with van der Waals surface area (Å²) in [6, 6.07) is 11.4. The Balaban J connectivity index is 1.69. The largest absolute Gasteiger partial charge is 0.368 e. The molecule has 4 nitrogen and oxygen atoms in total. The van der Waals surface area contributed by atoms with Crippen molar-refractivity contribution in [1.82, 2.24) is 9.88 Å². The summed E-state index contributed by atoms with van der Waals surface area (Å²) in [4.78, 5) is 19.9. The van der Waals surface area contributed by atoms with E-state index in [0.717, 1.165) is 18.8 Å². The van der Waals surface area contributed by atoms with Gasteiger partial charge in [0, 0.05) is 38.1 Å². The van der Waals surface area contributed by atoms with E-state index in [1.165, 1.54) is 12.3 Å². The smallest absolute Gasteiger partial charge is 0.257 e. The number of aromatic nitrogens is 1. The Morgan fingerprint density at radius 3 is 2.45 bits per heavy atom. The average Bonchev–Trinajstić information content (AvgIpc) is 2.58. The average molecular weight is 320 g/mol. The van der Waals surface area contributed by atoms with Gasteiger partial charge in [-0.1, -0.05) is 29.8 Å². The fraction of sp³-hybridized carbons (Fsp3) is 0.250. The van der Waals surface area contributed by atoms with E-state index in [1.807, 2.05) is 30.3 Å². The van der Waals surface area contributed by atoms with Crippen LogP contribution < -0.4 is 4.90 Å². The van der Waals surface area contributed by atoms with Gasteiger partial charge in [0.25, 0.3) is 5.91 Å². The second-order valence-electron chi connectivity index (χ2n) is 5.08. The molecule has 1 saturated heterocycles. The number of anilines is 1. The number of hydrogen-bond acceptors (Lipinski definition) is 3. The molecule has 1 amide bonds. The van der Waals surface area contributed by atoms with E-state index in [-0.39, 0.29) is 16.6 Å². The number of carbonyl (C=O) groups excluding carboxylic acids is 1. The highest BCUT2D eigenvalue weighted by molar-refractivity contribution is 6.29. The number of piperazine rings is 1. The molecule has 22 heavy (non-hydrogen) atoms. The van der Waals surface area contributed by atoms with Crippen molar-refractivity contribution in [3.05, 3.63) is 59.1 Å². The Labute approximate surface area is 133 Å². The lowest BCUT2D eigenvalue weighted by Gasteiger charge is -2.36. The molecule has 0 N–H and O–H groups in total. The molecule has 1 aliphatic heterocycles. The minimum Gasteiger partial charge on any atom is -0.368 e. The van der Waals surface area contributed by atoms with E-state index in [9.17, 15) is 9.18 Å². The summed E-state index contributed by atoms with van der Waals surface area (Å²) in [6.45, 7) is 2.53. The molecule has 1 fully saturated rings. The number of para-hydroxylation sites is 1. The maximum Gasteiger partial charge on any atom is 0.257 e. The van der Waals surface area contributed by atoms with Crippen LogP contribution >= 0.6 is 11.6 Å². The van der Waals surface area contributed by atoms with E-state index in [1.54, 1.807) is 4.90 Å². The second kappa shape index (κ2) is 6.32. The number of hydrogen-bond donors (Lipinski definition) is 0. The first-order valence-corrected chi connectivity index (χ1v) is 7.44. The van der Waals surface area contributed by atoms with Crippen molar-refractivity contribution in [3.63, 3.8) is 0 Å². The van der Waals surface area contributed by atoms with Crippen LogP contribution in [0.25, 0.3) is 0 Å². The van der Waals surface area contributed by atoms with Crippen LogP contribution in [0.4, 0.5) is 10.1 Å². The number of amides is 1. The quantitative estimate of drug-likeness (QED) is 0.799. The van der Waals surface area contributed by atoms with Crippen LogP contribution in [0.3, 0.4) is 0 Å². The molecular formula is C16H15ClFN3O. The first-order chi connectivity index (χ1) is 10.7. The molecule has 0 bridgehead atoms. The predicted molar refractivity (Wildman–Crippen MR) is 83.8 cm³/mol. The molecule has 0 atom stereocenters. The molecule has 0 saturated carbocycles. The Kier molecular flexibility index (Phi) is 4.24. The highest BCUT2D eigenvalue weighted by atomic mass is 35.5. The van der Waals surface area contributed by atoms with E-state index < -0.39 is 5.82 Å². The monoisotopic (exact) mass is 319 g/mol. The summed E-state index contributed by atoms with van der Waals surface area (Å²) < 4.78 is 13.9. The lowest BCUT2D eigenvalue weighted by atomic mass is 10.2. The number of carbonyl (C=O) groups is 1. The highest BCUT2D eigenvalue weighted by Gasteiger charge is 2.25. The summed E-state index contributed by atoms with van der Waals surface area (Å²) in [5, 5.41) is -0.270. The van der Waals surface area contributed by atoms with Crippen LogP contribution in [0.2, 0.25) is 5.15 Å². The zero-order valence-corrected chi connectivity index (χ0v) is 12.6. The zero-order chi connectivity index (χ0) is 15.5. The van der Waals surface area contributed by atoms with Crippen molar-refractivity contribution in [1.29, 1.82) is 0 Å². The maximum absolute atomic E-state index is 13.9. The van der Waals surface area contributed by atoms with Gasteiger partial charge in [-0.05, 0) is 18.2 Å². The summed E-state index contributed by atoms with van der Waals surface area (Å²) >= 11 is 5.63. The van der Waals surface area contributed by atoms with Crippen LogP contribution in [0, 0.1) is 5.82 Å². The minimum atomic E-state index is -0.750. The number of pyridine rings is 1. The van der Waals surface area contributed by atoms with Gasteiger partial charge in [-0.2, -0.15) is 0 Å². The van der Waals surface area contributed by atoms with E-state index in [4.69, 9.17) is 11.6 Å². The topological polar surface area (TPSA) is 36.4 Å². The summed E-state index contributed by atoms with van der Waals surface area (Å²) in [5.41, 5.74) is 1.11. The summed E-state index contributed by atoms with van der Waals surface area (Å²) in [7, 11) is 0. The van der Waals surface area contributed by atoms with Gasteiger partial charge < -0.3 is 9.80 Å². The van der Waals surface area contributed by atoms with Crippen LogP contribution in [0.5, 0.6) is 0 Å². The zero-order valence-electron chi connectivity index (χ0n) is 11.9. The molecule has 6 heteroatoms. The van der Waals surface area contributed by atoms with Crippen LogP contribution in [-0.4, -0.2) is 42.0 Å². The van der Waals surface area contributed by atoms with Crippen LogP contribution in [-0.2, 0) is 0 Å². The minimum absolute atomic E-state index is 0.0202. The third-order valence-electron chi connectivity index (χ3n) is 3.77. The first kappa shape index (κ1) is 14.8. The molecule has 0 spiro atoms. The molecule has 3 rings (SSSR count). The number of halogens is 2. The lowest BCUT2D eigenvalue weighted by molar-refractivity contribution is 0.0742. The normalized spacial score (nSPS) is 15.0. The fourth-order valence-electron chi connectivity index (χ4n) is 2.56. The first-order valence-electron chi connectivity index (χ1n) is 7.06. The van der Waals surface area contributed by atoms with Gasteiger partial charge >= 0.3 is 0 Å². The molecular weight excluding hydrogens is 305 g/mol. The van der Waals surface area contributed by atoms with E-state index >= 15 is 0 Å². The molecule has 0 radical (unpaired) electrons. The van der Waals surface area contributed by atoms with E-state index in [0.29, 0.717) is 13.1 Å². The maximum atomic E-state index is 13.9. The van der Waals surface area contributed by atoms with Gasteiger partial charge in [-0.15, -0.1) is 0 Å². The van der Waals surface area contributed by atoms with Crippen molar-refractivity contribution in [3.8, 4) is 0 Å². The molecule has 114 valence electrons.